The summed E-state index contributed by atoms with van der Waals surface area (Å²) in [4.78, 5) is 10.2. The highest BCUT2D eigenvalue weighted by Crippen LogP contribution is 1.75. The number of methoxy groups -OCH3 is 1. The Morgan fingerprint density at radius 1 is 1.56 bits per heavy atom. The number of hydrogen-bond acceptors (Lipinski definition) is 4. The van der Waals surface area contributed by atoms with Crippen LogP contribution in [0.1, 0.15) is 6.92 Å². The van der Waals surface area contributed by atoms with Crippen molar-refractivity contribution in [2.75, 3.05) is 20.3 Å². The Morgan fingerprint density at radius 2 is 2.11 bits per heavy atom. The van der Waals surface area contributed by atoms with Gasteiger partial charge in [-0.1, -0.05) is 0 Å². The molecule has 9 heavy (non-hydrogen) atoms. The van der Waals surface area contributed by atoms with E-state index in [1.165, 1.54) is 7.11 Å². The van der Waals surface area contributed by atoms with E-state index in [0.717, 1.165) is 0 Å². The van der Waals surface area contributed by atoms with Crippen LogP contribution in [-0.4, -0.2) is 26.3 Å². The molecule has 3 N–H and O–H groups in total. The molecule has 0 fully saturated rings. The monoisotopic (exact) mass is 135 g/mol. The predicted molar refractivity (Wildman–Crippen MR) is 33.5 cm³/mol. The first kappa shape index (κ1) is 11.2. The van der Waals surface area contributed by atoms with E-state index in [-0.39, 0.29) is 18.7 Å². The Labute approximate surface area is 54.7 Å². The van der Waals surface area contributed by atoms with Crippen molar-refractivity contribution < 1.29 is 14.3 Å². The minimum absolute atomic E-state index is 0. The van der Waals surface area contributed by atoms with Crippen LogP contribution in [0.5, 0.6) is 0 Å². The average molecular weight is 135 g/mol. The summed E-state index contributed by atoms with van der Waals surface area (Å²) in [5.41, 5.74) is 0. The van der Waals surface area contributed by atoms with Crippen LogP contribution in [0.4, 0.5) is 0 Å². The standard InChI is InChI=1S/C5H10O3.H3N/c1-3-8-4-5(6)7-2;/h3-4H2,1-2H3;1H3. The molecule has 0 amide bonds. The average Bonchev–Trinajstić information content (AvgIpc) is 1.83. The van der Waals surface area contributed by atoms with Crippen molar-refractivity contribution in [2.24, 2.45) is 0 Å². The van der Waals surface area contributed by atoms with Crippen molar-refractivity contribution in [2.45, 2.75) is 6.92 Å². The van der Waals surface area contributed by atoms with E-state index in [0.29, 0.717) is 6.61 Å². The second-order valence-corrected chi connectivity index (χ2v) is 1.21. The molecule has 56 valence electrons. The highest BCUT2D eigenvalue weighted by atomic mass is 16.6. The van der Waals surface area contributed by atoms with Gasteiger partial charge in [-0.25, -0.2) is 4.79 Å². The fraction of sp³-hybridized carbons (Fsp3) is 0.800. The number of hydrogen-bond donors (Lipinski definition) is 1. The summed E-state index contributed by atoms with van der Waals surface area (Å²) in [5.74, 6) is -0.327. The Kier molecular flexibility index (Phi) is 9.21. The maximum Gasteiger partial charge on any atom is 0.331 e. The van der Waals surface area contributed by atoms with E-state index in [2.05, 4.69) is 4.74 Å². The summed E-state index contributed by atoms with van der Waals surface area (Å²) < 4.78 is 9.00. The fourth-order valence-corrected chi connectivity index (χ4v) is 0.244. The zero-order chi connectivity index (χ0) is 6.41. The highest BCUT2D eigenvalue weighted by molar-refractivity contribution is 5.70. The van der Waals surface area contributed by atoms with Gasteiger partial charge >= 0.3 is 5.97 Å². The normalized spacial score (nSPS) is 7.78. The van der Waals surface area contributed by atoms with Gasteiger partial charge < -0.3 is 15.6 Å². The Balaban J connectivity index is 0. The van der Waals surface area contributed by atoms with Crippen LogP contribution in [0, 0.1) is 0 Å². The Bertz CT molecular complexity index is 74.6. The summed E-state index contributed by atoms with van der Waals surface area (Å²) in [6, 6.07) is 0. The summed E-state index contributed by atoms with van der Waals surface area (Å²) in [7, 11) is 1.33. The van der Waals surface area contributed by atoms with E-state index in [1.54, 1.807) is 0 Å². The van der Waals surface area contributed by atoms with Gasteiger partial charge in [-0.05, 0) is 6.92 Å². The van der Waals surface area contributed by atoms with Crippen molar-refractivity contribution in [3.63, 3.8) is 0 Å². The molecule has 0 heterocycles. The molecule has 0 atom stereocenters. The second kappa shape index (κ2) is 7.39. The van der Waals surface area contributed by atoms with Gasteiger partial charge in [0, 0.05) is 6.61 Å². The molecule has 4 heteroatoms. The minimum atomic E-state index is -0.327. The van der Waals surface area contributed by atoms with Crippen LogP contribution in [0.3, 0.4) is 0 Å². The highest BCUT2D eigenvalue weighted by Gasteiger charge is 1.95. The SMILES string of the molecule is CCOCC(=O)OC.N. The summed E-state index contributed by atoms with van der Waals surface area (Å²) in [5, 5.41) is 0. The molecule has 0 aromatic carbocycles. The first-order valence-electron chi connectivity index (χ1n) is 2.45. The lowest BCUT2D eigenvalue weighted by Crippen LogP contribution is -2.09. The van der Waals surface area contributed by atoms with Gasteiger partial charge in [0.1, 0.15) is 6.61 Å². The van der Waals surface area contributed by atoms with Gasteiger partial charge in [0.25, 0.3) is 0 Å². The predicted octanol–water partition coefficient (Wildman–Crippen LogP) is 0.358. The van der Waals surface area contributed by atoms with Crippen LogP contribution in [0.25, 0.3) is 0 Å². The number of ether oxygens (including phenoxy) is 2. The molecule has 0 rings (SSSR count). The molecule has 0 aliphatic rings. The topological polar surface area (TPSA) is 70.5 Å². The second-order valence-electron chi connectivity index (χ2n) is 1.21. The van der Waals surface area contributed by atoms with Gasteiger partial charge in [-0.15, -0.1) is 0 Å². The smallest absolute Gasteiger partial charge is 0.331 e. The molecule has 0 spiro atoms. The van der Waals surface area contributed by atoms with Crippen LogP contribution in [0.2, 0.25) is 0 Å². The first-order valence-corrected chi connectivity index (χ1v) is 2.45. The van der Waals surface area contributed by atoms with Crippen molar-refractivity contribution in [1.29, 1.82) is 0 Å². The lowest BCUT2D eigenvalue weighted by molar-refractivity contribution is -0.145. The molecule has 0 saturated heterocycles. The third-order valence-electron chi connectivity index (χ3n) is 0.652. The van der Waals surface area contributed by atoms with E-state index >= 15 is 0 Å². The molecule has 0 aliphatic heterocycles. The molecule has 0 aromatic rings. The summed E-state index contributed by atoms with van der Waals surface area (Å²) >= 11 is 0. The molecule has 0 aromatic heterocycles. The van der Waals surface area contributed by atoms with E-state index in [1.807, 2.05) is 6.92 Å². The third kappa shape index (κ3) is 7.39. The quantitative estimate of drug-likeness (QED) is 0.567. The van der Waals surface area contributed by atoms with E-state index < -0.39 is 0 Å². The number of carbonyl (C=O) groups excluding carboxylic acids is 1. The van der Waals surface area contributed by atoms with Crippen LogP contribution in [-0.2, 0) is 14.3 Å². The lowest BCUT2D eigenvalue weighted by atomic mass is 10.7. The maximum atomic E-state index is 10.2. The van der Waals surface area contributed by atoms with Gasteiger partial charge in [-0.3, -0.25) is 0 Å². The number of carbonyl (C=O) groups is 1. The van der Waals surface area contributed by atoms with Gasteiger partial charge in [0.05, 0.1) is 7.11 Å². The molecular formula is C5H13NO3. The summed E-state index contributed by atoms with van der Waals surface area (Å²) in [6.45, 7) is 2.44. The molecule has 0 aliphatic carbocycles. The fourth-order valence-electron chi connectivity index (χ4n) is 0.244. The number of esters is 1. The third-order valence-corrected chi connectivity index (χ3v) is 0.652. The Hall–Kier alpha value is -0.610. The summed E-state index contributed by atoms with van der Waals surface area (Å²) in [6.07, 6.45) is 0. The van der Waals surface area contributed by atoms with Crippen LogP contribution in [0.15, 0.2) is 0 Å². The molecule has 0 radical (unpaired) electrons. The molecule has 4 nitrogen and oxygen atoms in total. The molecular weight excluding hydrogens is 122 g/mol. The van der Waals surface area contributed by atoms with Crippen LogP contribution < -0.4 is 6.15 Å². The van der Waals surface area contributed by atoms with Crippen molar-refractivity contribution >= 4 is 5.97 Å². The van der Waals surface area contributed by atoms with Gasteiger partial charge in [0.2, 0.25) is 0 Å². The van der Waals surface area contributed by atoms with Gasteiger partial charge in [-0.2, -0.15) is 0 Å². The molecule has 0 bridgehead atoms. The number of rotatable bonds is 3. The zero-order valence-corrected chi connectivity index (χ0v) is 5.85. The first-order chi connectivity index (χ1) is 3.81. The maximum absolute atomic E-state index is 10.2. The van der Waals surface area contributed by atoms with Gasteiger partial charge in [0.15, 0.2) is 0 Å². The van der Waals surface area contributed by atoms with E-state index in [4.69, 9.17) is 4.74 Å². The van der Waals surface area contributed by atoms with Crippen LogP contribution >= 0.6 is 0 Å². The largest absolute Gasteiger partial charge is 0.467 e. The van der Waals surface area contributed by atoms with Crippen molar-refractivity contribution in [3.8, 4) is 0 Å². The molecule has 0 unspecified atom stereocenters. The van der Waals surface area contributed by atoms with E-state index in [9.17, 15) is 4.79 Å². The van der Waals surface area contributed by atoms with Crippen molar-refractivity contribution in [3.05, 3.63) is 0 Å². The minimum Gasteiger partial charge on any atom is -0.467 e. The zero-order valence-electron chi connectivity index (χ0n) is 5.85. The molecule has 0 saturated carbocycles. The Morgan fingerprint density at radius 3 is 2.44 bits per heavy atom. The lowest BCUT2D eigenvalue weighted by Gasteiger charge is -1.96. The van der Waals surface area contributed by atoms with Crippen molar-refractivity contribution in [1.82, 2.24) is 6.15 Å².